The van der Waals surface area contributed by atoms with E-state index in [1.165, 1.54) is 23.3 Å². The molecule has 0 unspecified atom stereocenters. The van der Waals surface area contributed by atoms with Crippen LogP contribution in [0.3, 0.4) is 0 Å². The Labute approximate surface area is 122 Å². The number of aryl methyl sites for hydroxylation is 2. The minimum absolute atomic E-state index is 0.139. The SMILES string of the molecule is O=C(NOCc1ccccc1)c1cc2c(s1)CCCC2. The molecule has 1 amide bonds. The molecule has 1 aliphatic carbocycles. The Kier molecular flexibility index (Phi) is 4.14. The Bertz CT molecular complexity index is 568. The highest BCUT2D eigenvalue weighted by Gasteiger charge is 2.17. The predicted octanol–water partition coefficient (Wildman–Crippen LogP) is 3.49. The maximum Gasteiger partial charge on any atom is 0.284 e. The number of hydrogen-bond donors (Lipinski definition) is 1. The number of hydroxylamine groups is 1. The summed E-state index contributed by atoms with van der Waals surface area (Å²) in [5.41, 5.74) is 4.91. The van der Waals surface area contributed by atoms with Gasteiger partial charge in [0.1, 0.15) is 0 Å². The first-order chi connectivity index (χ1) is 9.83. The fourth-order valence-corrected chi connectivity index (χ4v) is 3.55. The first-order valence-electron chi connectivity index (χ1n) is 6.90. The summed E-state index contributed by atoms with van der Waals surface area (Å²) in [7, 11) is 0. The molecule has 1 N–H and O–H groups in total. The zero-order chi connectivity index (χ0) is 13.8. The molecule has 3 rings (SSSR count). The van der Waals surface area contributed by atoms with E-state index in [1.54, 1.807) is 11.3 Å². The average Bonchev–Trinajstić information content (AvgIpc) is 2.92. The van der Waals surface area contributed by atoms with Crippen molar-refractivity contribution < 1.29 is 9.63 Å². The van der Waals surface area contributed by atoms with E-state index in [-0.39, 0.29) is 5.91 Å². The topological polar surface area (TPSA) is 38.3 Å². The summed E-state index contributed by atoms with van der Waals surface area (Å²) in [4.78, 5) is 19.4. The lowest BCUT2D eigenvalue weighted by molar-refractivity contribution is 0.0237. The fraction of sp³-hybridized carbons (Fsp3) is 0.312. The highest BCUT2D eigenvalue weighted by Crippen LogP contribution is 2.29. The fourth-order valence-electron chi connectivity index (χ4n) is 2.41. The Morgan fingerprint density at radius 1 is 1.20 bits per heavy atom. The second-order valence-electron chi connectivity index (χ2n) is 4.97. The molecule has 20 heavy (non-hydrogen) atoms. The molecular formula is C16H17NO2S. The molecule has 0 spiro atoms. The maximum atomic E-state index is 12.0. The summed E-state index contributed by atoms with van der Waals surface area (Å²) in [5, 5.41) is 0. The van der Waals surface area contributed by atoms with Gasteiger partial charge in [-0.15, -0.1) is 11.3 Å². The van der Waals surface area contributed by atoms with E-state index in [0.29, 0.717) is 6.61 Å². The number of hydrogen-bond acceptors (Lipinski definition) is 3. The van der Waals surface area contributed by atoms with Crippen molar-refractivity contribution in [3.8, 4) is 0 Å². The Balaban J connectivity index is 1.55. The molecule has 1 heterocycles. The molecule has 0 radical (unpaired) electrons. The lowest BCUT2D eigenvalue weighted by atomic mass is 9.99. The molecule has 3 nitrogen and oxygen atoms in total. The summed E-state index contributed by atoms with van der Waals surface area (Å²) in [6.07, 6.45) is 4.68. The number of carbonyl (C=O) groups excluding carboxylic acids is 1. The average molecular weight is 287 g/mol. The molecule has 104 valence electrons. The van der Waals surface area contributed by atoms with Crippen LogP contribution < -0.4 is 5.48 Å². The Hall–Kier alpha value is -1.65. The highest BCUT2D eigenvalue weighted by atomic mass is 32.1. The van der Waals surface area contributed by atoms with Gasteiger partial charge in [-0.2, -0.15) is 0 Å². The molecule has 1 aliphatic rings. The van der Waals surface area contributed by atoms with Crippen LogP contribution >= 0.6 is 11.3 Å². The third-order valence-electron chi connectivity index (χ3n) is 3.47. The zero-order valence-corrected chi connectivity index (χ0v) is 12.0. The van der Waals surface area contributed by atoms with Gasteiger partial charge in [0.2, 0.25) is 0 Å². The van der Waals surface area contributed by atoms with Crippen LogP contribution in [0.2, 0.25) is 0 Å². The van der Waals surface area contributed by atoms with Crippen LogP contribution in [0, 0.1) is 0 Å². The zero-order valence-electron chi connectivity index (χ0n) is 11.2. The number of rotatable bonds is 4. The lowest BCUT2D eigenvalue weighted by Crippen LogP contribution is -2.22. The number of nitrogens with one attached hydrogen (secondary N) is 1. The van der Waals surface area contributed by atoms with Gasteiger partial charge in [-0.05, 0) is 42.9 Å². The monoisotopic (exact) mass is 287 g/mol. The van der Waals surface area contributed by atoms with Crippen molar-refractivity contribution in [3.05, 3.63) is 57.3 Å². The third kappa shape index (κ3) is 3.08. The van der Waals surface area contributed by atoms with E-state index >= 15 is 0 Å². The minimum Gasteiger partial charge on any atom is -0.269 e. The molecule has 0 bridgehead atoms. The van der Waals surface area contributed by atoms with Gasteiger partial charge in [-0.25, -0.2) is 5.48 Å². The third-order valence-corrected chi connectivity index (χ3v) is 4.70. The molecular weight excluding hydrogens is 270 g/mol. The van der Waals surface area contributed by atoms with Crippen LogP contribution in [0.25, 0.3) is 0 Å². The minimum atomic E-state index is -0.139. The van der Waals surface area contributed by atoms with Gasteiger partial charge >= 0.3 is 0 Å². The maximum absolute atomic E-state index is 12.0. The number of amides is 1. The molecule has 0 aliphatic heterocycles. The van der Waals surface area contributed by atoms with Crippen molar-refractivity contribution in [2.75, 3.05) is 0 Å². The molecule has 1 aromatic carbocycles. The molecule has 4 heteroatoms. The van der Waals surface area contributed by atoms with Crippen LogP contribution in [-0.4, -0.2) is 5.91 Å². The Morgan fingerprint density at radius 3 is 2.80 bits per heavy atom. The quantitative estimate of drug-likeness (QED) is 0.874. The van der Waals surface area contributed by atoms with Gasteiger partial charge in [0.05, 0.1) is 11.5 Å². The standard InChI is InChI=1S/C16H17NO2S/c18-16(17-19-11-12-6-2-1-3-7-12)15-10-13-8-4-5-9-14(13)20-15/h1-3,6-7,10H,4-5,8-9,11H2,(H,17,18). The van der Waals surface area contributed by atoms with E-state index < -0.39 is 0 Å². The van der Waals surface area contributed by atoms with E-state index in [0.717, 1.165) is 23.3 Å². The van der Waals surface area contributed by atoms with Gasteiger partial charge in [0.25, 0.3) is 5.91 Å². The second kappa shape index (κ2) is 6.20. The van der Waals surface area contributed by atoms with Crippen molar-refractivity contribution in [1.29, 1.82) is 0 Å². The first-order valence-corrected chi connectivity index (χ1v) is 7.72. The summed E-state index contributed by atoms with van der Waals surface area (Å²) in [6, 6.07) is 11.8. The molecule has 0 fully saturated rings. The normalized spacial score (nSPS) is 13.8. The molecule has 2 aromatic rings. The van der Waals surface area contributed by atoms with Crippen molar-refractivity contribution >= 4 is 17.2 Å². The van der Waals surface area contributed by atoms with Gasteiger partial charge in [0.15, 0.2) is 0 Å². The van der Waals surface area contributed by atoms with Crippen molar-refractivity contribution in [2.24, 2.45) is 0 Å². The number of fused-ring (bicyclic) bond motifs is 1. The van der Waals surface area contributed by atoms with Gasteiger partial charge in [-0.3, -0.25) is 9.63 Å². The molecule has 1 aromatic heterocycles. The number of carbonyl (C=O) groups is 1. The van der Waals surface area contributed by atoms with Crippen LogP contribution in [-0.2, 0) is 24.3 Å². The largest absolute Gasteiger partial charge is 0.284 e. The van der Waals surface area contributed by atoms with Crippen LogP contribution in [0.15, 0.2) is 36.4 Å². The number of thiophene rings is 1. The van der Waals surface area contributed by atoms with Crippen molar-refractivity contribution in [3.63, 3.8) is 0 Å². The Morgan fingerprint density at radius 2 is 2.00 bits per heavy atom. The van der Waals surface area contributed by atoms with Crippen LogP contribution in [0.4, 0.5) is 0 Å². The predicted molar refractivity (Wildman–Crippen MR) is 79.7 cm³/mol. The first kappa shape index (κ1) is 13.3. The van der Waals surface area contributed by atoms with E-state index in [9.17, 15) is 4.79 Å². The van der Waals surface area contributed by atoms with Gasteiger partial charge in [0, 0.05) is 4.88 Å². The van der Waals surface area contributed by atoms with Crippen LogP contribution in [0.1, 0.15) is 38.5 Å². The van der Waals surface area contributed by atoms with Crippen LogP contribution in [0.5, 0.6) is 0 Å². The van der Waals surface area contributed by atoms with Gasteiger partial charge < -0.3 is 0 Å². The summed E-state index contributed by atoms with van der Waals surface area (Å²) < 4.78 is 0. The molecule has 0 saturated heterocycles. The molecule has 0 atom stereocenters. The summed E-state index contributed by atoms with van der Waals surface area (Å²) in [6.45, 7) is 0.387. The lowest BCUT2D eigenvalue weighted by Gasteiger charge is -2.08. The summed E-state index contributed by atoms with van der Waals surface area (Å²) >= 11 is 1.60. The van der Waals surface area contributed by atoms with Crippen molar-refractivity contribution in [2.45, 2.75) is 32.3 Å². The highest BCUT2D eigenvalue weighted by molar-refractivity contribution is 7.14. The van der Waals surface area contributed by atoms with Gasteiger partial charge in [-0.1, -0.05) is 30.3 Å². The van der Waals surface area contributed by atoms with E-state index in [2.05, 4.69) is 5.48 Å². The van der Waals surface area contributed by atoms with E-state index in [1.807, 2.05) is 36.4 Å². The molecule has 0 saturated carbocycles. The second-order valence-corrected chi connectivity index (χ2v) is 6.11. The smallest absolute Gasteiger partial charge is 0.269 e. The summed E-state index contributed by atoms with van der Waals surface area (Å²) in [5.74, 6) is -0.139. The number of benzene rings is 1. The van der Waals surface area contributed by atoms with E-state index in [4.69, 9.17) is 4.84 Å². The van der Waals surface area contributed by atoms with Crippen molar-refractivity contribution in [1.82, 2.24) is 5.48 Å².